The summed E-state index contributed by atoms with van der Waals surface area (Å²) in [5.74, 6) is -3.22. The Hall–Kier alpha value is -2.81. The molecule has 1 atom stereocenters. The van der Waals surface area contributed by atoms with Crippen molar-refractivity contribution in [2.24, 2.45) is 0 Å². The van der Waals surface area contributed by atoms with E-state index in [4.69, 9.17) is 11.6 Å². The monoisotopic (exact) mass is 401 g/mol. The number of hydrogen-bond acceptors (Lipinski definition) is 5. The molecule has 1 heterocycles. The Bertz CT molecular complexity index is 826. The number of hydrogen-bond donors (Lipinski definition) is 2. The Labute approximate surface area is 157 Å². The van der Waals surface area contributed by atoms with Crippen molar-refractivity contribution in [3.8, 4) is 0 Å². The molecule has 0 aliphatic rings. The molecule has 1 aromatic heterocycles. The van der Waals surface area contributed by atoms with Crippen LogP contribution in [0.2, 0.25) is 5.02 Å². The molecule has 1 aromatic carbocycles. The first kappa shape index (κ1) is 20.5. The lowest BCUT2D eigenvalue weighted by Gasteiger charge is -2.34. The maximum absolute atomic E-state index is 13.9. The van der Waals surface area contributed by atoms with Gasteiger partial charge in [0.2, 0.25) is 0 Å². The number of carbonyl (C=O) groups excluding carboxylic acids is 2. The Kier molecular flexibility index (Phi) is 5.94. The van der Waals surface area contributed by atoms with Crippen LogP contribution in [0.1, 0.15) is 15.9 Å². The zero-order chi connectivity index (χ0) is 20.2. The number of aryl methyl sites for hydroxylation is 1. The predicted octanol–water partition coefficient (Wildman–Crippen LogP) is 3.32. The number of esters is 1. The van der Waals surface area contributed by atoms with E-state index in [9.17, 15) is 22.8 Å². The topological polar surface area (TPSA) is 80.3 Å². The van der Waals surface area contributed by atoms with Gasteiger partial charge in [0.15, 0.2) is 0 Å². The highest BCUT2D eigenvalue weighted by atomic mass is 35.5. The summed E-state index contributed by atoms with van der Waals surface area (Å²) in [7, 11) is 0.776. The minimum atomic E-state index is -5.25. The Morgan fingerprint density at radius 3 is 2.22 bits per heavy atom. The van der Waals surface area contributed by atoms with Crippen molar-refractivity contribution >= 4 is 29.3 Å². The first-order chi connectivity index (χ1) is 12.6. The standard InChI is InChI=1S/C17H15ClF3N3O3/c1-10-3-5-11(6-4-10)14(25)24-16(15(26)27-2,17(19,20)21)23-13-8-7-12(18)9-22-13/h3-9H,1-2H3,(H,22,23)(H,24,25)/t16-/m0/s1. The van der Waals surface area contributed by atoms with E-state index in [0.717, 1.165) is 24.9 Å². The molecule has 0 aliphatic carbocycles. The molecule has 1 amide bonds. The third-order valence-electron chi connectivity index (χ3n) is 3.57. The van der Waals surface area contributed by atoms with E-state index in [-0.39, 0.29) is 16.4 Å². The van der Waals surface area contributed by atoms with E-state index in [1.54, 1.807) is 24.4 Å². The van der Waals surface area contributed by atoms with Crippen LogP contribution in [-0.2, 0) is 9.53 Å². The smallest absolute Gasteiger partial charge is 0.441 e. The van der Waals surface area contributed by atoms with Crippen LogP contribution in [0.3, 0.4) is 0 Å². The molecule has 0 fully saturated rings. The van der Waals surface area contributed by atoms with Gasteiger partial charge in [-0.25, -0.2) is 9.78 Å². The maximum Gasteiger partial charge on any atom is 0.441 e. The summed E-state index contributed by atoms with van der Waals surface area (Å²) in [5, 5.41) is 3.80. The van der Waals surface area contributed by atoms with Crippen molar-refractivity contribution in [1.29, 1.82) is 0 Å². The minimum Gasteiger partial charge on any atom is -0.466 e. The number of pyridine rings is 1. The fourth-order valence-corrected chi connectivity index (χ4v) is 2.24. The zero-order valence-electron chi connectivity index (χ0n) is 14.2. The van der Waals surface area contributed by atoms with Gasteiger partial charge in [0, 0.05) is 11.8 Å². The molecule has 0 saturated carbocycles. The zero-order valence-corrected chi connectivity index (χ0v) is 15.0. The Morgan fingerprint density at radius 1 is 1.11 bits per heavy atom. The van der Waals surface area contributed by atoms with Crippen molar-refractivity contribution in [3.05, 3.63) is 58.7 Å². The van der Waals surface area contributed by atoms with Gasteiger partial charge in [-0.2, -0.15) is 13.2 Å². The lowest BCUT2D eigenvalue weighted by atomic mass is 10.1. The van der Waals surface area contributed by atoms with Gasteiger partial charge in [-0.3, -0.25) is 4.79 Å². The van der Waals surface area contributed by atoms with E-state index < -0.39 is 23.7 Å². The van der Waals surface area contributed by atoms with Crippen LogP contribution in [0.4, 0.5) is 19.0 Å². The Balaban J connectivity index is 2.46. The second kappa shape index (κ2) is 7.83. The summed E-state index contributed by atoms with van der Waals surface area (Å²) >= 11 is 5.67. The highest BCUT2D eigenvalue weighted by Gasteiger charge is 2.63. The lowest BCUT2D eigenvalue weighted by Crippen LogP contribution is -2.69. The average molecular weight is 402 g/mol. The number of nitrogens with zero attached hydrogens (tertiary/aromatic N) is 1. The fourth-order valence-electron chi connectivity index (χ4n) is 2.13. The first-order valence-electron chi connectivity index (χ1n) is 7.53. The SMILES string of the molecule is COC(=O)[C@@](NC(=O)c1ccc(C)cc1)(Nc1ccc(Cl)cn1)C(F)(F)F. The average Bonchev–Trinajstić information content (AvgIpc) is 2.61. The van der Waals surface area contributed by atoms with E-state index in [1.807, 2.05) is 5.32 Å². The summed E-state index contributed by atoms with van der Waals surface area (Å²) < 4.78 is 46.0. The van der Waals surface area contributed by atoms with Crippen LogP contribution < -0.4 is 10.6 Å². The molecule has 0 spiro atoms. The number of ether oxygens (including phenoxy) is 1. The normalized spacial score (nSPS) is 13.4. The molecule has 0 aliphatic heterocycles. The van der Waals surface area contributed by atoms with Gasteiger partial charge in [0.1, 0.15) is 5.82 Å². The fraction of sp³-hybridized carbons (Fsp3) is 0.235. The molecule has 2 rings (SSSR count). The molecule has 10 heteroatoms. The largest absolute Gasteiger partial charge is 0.466 e. The van der Waals surface area contributed by atoms with Gasteiger partial charge in [-0.15, -0.1) is 0 Å². The van der Waals surface area contributed by atoms with Crippen LogP contribution in [0.25, 0.3) is 0 Å². The molecule has 6 nitrogen and oxygen atoms in total. The minimum absolute atomic E-state index is 0.0657. The summed E-state index contributed by atoms with van der Waals surface area (Å²) in [4.78, 5) is 28.2. The molecular weight excluding hydrogens is 387 g/mol. The van der Waals surface area contributed by atoms with Gasteiger partial charge in [-0.1, -0.05) is 29.3 Å². The second-order valence-corrected chi connectivity index (χ2v) is 5.98. The summed E-state index contributed by atoms with van der Waals surface area (Å²) in [5.41, 5.74) is -2.81. The third kappa shape index (κ3) is 4.48. The second-order valence-electron chi connectivity index (χ2n) is 5.55. The number of halogens is 4. The van der Waals surface area contributed by atoms with E-state index in [2.05, 4.69) is 9.72 Å². The van der Waals surface area contributed by atoms with Crippen molar-refractivity contribution in [2.75, 3.05) is 12.4 Å². The third-order valence-corrected chi connectivity index (χ3v) is 3.80. The van der Waals surface area contributed by atoms with Gasteiger partial charge in [0.05, 0.1) is 12.1 Å². The lowest BCUT2D eigenvalue weighted by molar-refractivity contribution is -0.203. The molecule has 0 saturated heterocycles. The summed E-state index contributed by atoms with van der Waals surface area (Å²) in [6.45, 7) is 1.75. The molecule has 144 valence electrons. The number of nitrogens with one attached hydrogen (secondary N) is 2. The van der Waals surface area contributed by atoms with Crippen LogP contribution in [-0.4, -0.2) is 35.8 Å². The Morgan fingerprint density at radius 2 is 1.74 bits per heavy atom. The summed E-state index contributed by atoms with van der Waals surface area (Å²) in [6, 6.07) is 8.18. The van der Waals surface area contributed by atoms with Crippen molar-refractivity contribution in [2.45, 2.75) is 18.8 Å². The number of amides is 1. The molecule has 0 bridgehead atoms. The van der Waals surface area contributed by atoms with Gasteiger partial charge >= 0.3 is 17.8 Å². The van der Waals surface area contributed by atoms with Crippen LogP contribution >= 0.6 is 11.6 Å². The van der Waals surface area contributed by atoms with Crippen LogP contribution in [0.5, 0.6) is 0 Å². The first-order valence-corrected chi connectivity index (χ1v) is 7.91. The number of methoxy groups -OCH3 is 1. The van der Waals surface area contributed by atoms with Crippen molar-refractivity contribution in [1.82, 2.24) is 10.3 Å². The quantitative estimate of drug-likeness (QED) is 0.593. The molecular formula is C17H15ClF3N3O3. The summed E-state index contributed by atoms with van der Waals surface area (Å²) in [6.07, 6.45) is -4.16. The highest BCUT2D eigenvalue weighted by Crippen LogP contribution is 2.33. The maximum atomic E-state index is 13.9. The molecule has 0 unspecified atom stereocenters. The highest BCUT2D eigenvalue weighted by molar-refractivity contribution is 6.30. The number of alkyl halides is 3. The number of carbonyl (C=O) groups is 2. The van der Waals surface area contributed by atoms with E-state index in [0.29, 0.717) is 0 Å². The number of rotatable bonds is 5. The number of benzene rings is 1. The molecule has 2 N–H and O–H groups in total. The number of anilines is 1. The van der Waals surface area contributed by atoms with E-state index in [1.165, 1.54) is 18.2 Å². The van der Waals surface area contributed by atoms with Gasteiger partial charge in [0.25, 0.3) is 5.91 Å². The van der Waals surface area contributed by atoms with Crippen molar-refractivity contribution < 1.29 is 27.5 Å². The predicted molar refractivity (Wildman–Crippen MR) is 92.3 cm³/mol. The number of aromatic nitrogens is 1. The van der Waals surface area contributed by atoms with Gasteiger partial charge in [-0.05, 0) is 31.2 Å². The molecule has 0 radical (unpaired) electrons. The van der Waals surface area contributed by atoms with E-state index >= 15 is 0 Å². The van der Waals surface area contributed by atoms with Crippen molar-refractivity contribution in [3.63, 3.8) is 0 Å². The molecule has 2 aromatic rings. The van der Waals surface area contributed by atoms with Crippen LogP contribution in [0, 0.1) is 6.92 Å². The molecule has 27 heavy (non-hydrogen) atoms. The van der Waals surface area contributed by atoms with Crippen LogP contribution in [0.15, 0.2) is 42.6 Å². The van der Waals surface area contributed by atoms with Gasteiger partial charge < -0.3 is 15.4 Å².